The van der Waals surface area contributed by atoms with E-state index >= 15 is 0 Å². The molecule has 0 aliphatic carbocycles. The van der Waals surface area contributed by atoms with Gasteiger partial charge in [0.05, 0.1) is 23.7 Å². The Kier molecular flexibility index (Phi) is 4.70. The summed E-state index contributed by atoms with van der Waals surface area (Å²) in [4.78, 5) is 34.2. The molecule has 0 saturated heterocycles. The Hall–Kier alpha value is -3.28. The number of carbonyl (C=O) groups is 2. The van der Waals surface area contributed by atoms with Crippen LogP contribution in [0.2, 0.25) is 0 Å². The zero-order valence-electron chi connectivity index (χ0n) is 14.1. The molecule has 0 unspecified atom stereocenters. The number of amides is 2. The van der Waals surface area contributed by atoms with Crippen LogP contribution in [0.15, 0.2) is 54.7 Å². The van der Waals surface area contributed by atoms with E-state index in [-0.39, 0.29) is 11.8 Å². The number of hydrogen-bond donors (Lipinski definition) is 1. The molecule has 0 radical (unpaired) electrons. The highest BCUT2D eigenvalue weighted by Crippen LogP contribution is 2.13. The Morgan fingerprint density at radius 3 is 2.36 bits per heavy atom. The van der Waals surface area contributed by atoms with E-state index in [2.05, 4.69) is 15.3 Å². The van der Waals surface area contributed by atoms with Crippen LogP contribution < -0.4 is 5.32 Å². The van der Waals surface area contributed by atoms with Crippen molar-refractivity contribution in [2.24, 2.45) is 0 Å². The van der Waals surface area contributed by atoms with Crippen molar-refractivity contribution in [3.8, 4) is 0 Å². The second kappa shape index (κ2) is 7.09. The lowest BCUT2D eigenvalue weighted by atomic mass is 10.1. The predicted octanol–water partition coefficient (Wildman–Crippen LogP) is 2.51. The summed E-state index contributed by atoms with van der Waals surface area (Å²) in [5.74, 6) is 0.147. The number of carbonyl (C=O) groups excluding carboxylic acids is 2. The highest BCUT2D eigenvalue weighted by atomic mass is 16.2. The first-order valence-corrected chi connectivity index (χ1v) is 7.85. The second-order valence-electron chi connectivity index (χ2n) is 5.86. The molecule has 126 valence electrons. The van der Waals surface area contributed by atoms with Crippen molar-refractivity contribution in [2.75, 3.05) is 19.4 Å². The van der Waals surface area contributed by atoms with E-state index in [4.69, 9.17) is 0 Å². The molecule has 1 N–H and O–H groups in total. The minimum absolute atomic E-state index is 0.0173. The lowest BCUT2D eigenvalue weighted by Gasteiger charge is -2.10. The van der Waals surface area contributed by atoms with Crippen LogP contribution in [0.4, 0.5) is 5.82 Å². The molecule has 0 spiro atoms. The van der Waals surface area contributed by atoms with Crippen molar-refractivity contribution in [2.45, 2.75) is 6.42 Å². The Morgan fingerprint density at radius 2 is 1.68 bits per heavy atom. The largest absolute Gasteiger partial charge is 0.349 e. The SMILES string of the molecule is CN(C)C(=O)Cc1ccc(C(=O)Nc2cnc3ccccc3n2)cc1. The third-order valence-corrected chi connectivity index (χ3v) is 3.76. The third-order valence-electron chi connectivity index (χ3n) is 3.76. The molecule has 0 atom stereocenters. The molecule has 2 amide bonds. The van der Waals surface area contributed by atoms with Crippen LogP contribution in [0, 0.1) is 0 Å². The van der Waals surface area contributed by atoms with E-state index in [1.807, 2.05) is 24.3 Å². The highest BCUT2D eigenvalue weighted by Gasteiger charge is 2.10. The summed E-state index contributed by atoms with van der Waals surface area (Å²) in [5, 5.41) is 2.74. The van der Waals surface area contributed by atoms with Crippen LogP contribution in [-0.4, -0.2) is 40.8 Å². The first kappa shape index (κ1) is 16.6. The van der Waals surface area contributed by atoms with Crippen LogP contribution in [0.1, 0.15) is 15.9 Å². The van der Waals surface area contributed by atoms with Crippen LogP contribution in [-0.2, 0) is 11.2 Å². The maximum Gasteiger partial charge on any atom is 0.256 e. The number of nitrogens with one attached hydrogen (secondary N) is 1. The van der Waals surface area contributed by atoms with Crippen LogP contribution in [0.3, 0.4) is 0 Å². The van der Waals surface area contributed by atoms with Gasteiger partial charge in [-0.2, -0.15) is 0 Å². The molecule has 0 saturated carbocycles. The number of nitrogens with zero attached hydrogens (tertiary/aromatic N) is 3. The van der Waals surface area contributed by atoms with Crippen LogP contribution >= 0.6 is 0 Å². The molecule has 0 fully saturated rings. The van der Waals surface area contributed by atoms with Gasteiger partial charge < -0.3 is 10.2 Å². The lowest BCUT2D eigenvalue weighted by molar-refractivity contribution is -0.127. The second-order valence-corrected chi connectivity index (χ2v) is 5.86. The average Bonchev–Trinajstić information content (AvgIpc) is 2.62. The fourth-order valence-electron chi connectivity index (χ4n) is 2.31. The van der Waals surface area contributed by atoms with E-state index in [1.165, 1.54) is 6.20 Å². The Morgan fingerprint density at radius 1 is 1.00 bits per heavy atom. The van der Waals surface area contributed by atoms with Gasteiger partial charge in [0.25, 0.3) is 5.91 Å². The maximum absolute atomic E-state index is 12.3. The summed E-state index contributed by atoms with van der Waals surface area (Å²) in [6, 6.07) is 14.4. The number of hydrogen-bond acceptors (Lipinski definition) is 4. The van der Waals surface area contributed by atoms with Gasteiger partial charge in [0.15, 0.2) is 5.82 Å². The quantitative estimate of drug-likeness (QED) is 0.795. The van der Waals surface area contributed by atoms with Gasteiger partial charge in [-0.3, -0.25) is 14.6 Å². The molecule has 1 heterocycles. The minimum atomic E-state index is -0.268. The summed E-state index contributed by atoms with van der Waals surface area (Å²) in [6.45, 7) is 0. The van der Waals surface area contributed by atoms with Crippen molar-refractivity contribution >= 4 is 28.7 Å². The summed E-state index contributed by atoms with van der Waals surface area (Å²) in [7, 11) is 3.43. The Balaban J connectivity index is 1.70. The predicted molar refractivity (Wildman–Crippen MR) is 96.3 cm³/mol. The van der Waals surface area contributed by atoms with Crippen molar-refractivity contribution in [1.29, 1.82) is 0 Å². The number of fused-ring (bicyclic) bond motifs is 1. The zero-order chi connectivity index (χ0) is 17.8. The summed E-state index contributed by atoms with van der Waals surface area (Å²) in [6.07, 6.45) is 1.84. The van der Waals surface area contributed by atoms with E-state index in [0.29, 0.717) is 17.8 Å². The molecular weight excluding hydrogens is 316 g/mol. The standard InChI is InChI=1S/C19H18N4O2/c1-23(2)18(24)11-13-7-9-14(10-8-13)19(25)22-17-12-20-15-5-3-4-6-16(15)21-17/h3-10,12H,11H2,1-2H3,(H,21,22,25). The van der Waals surface area contributed by atoms with E-state index in [1.54, 1.807) is 43.3 Å². The topological polar surface area (TPSA) is 75.2 Å². The number of aromatic nitrogens is 2. The summed E-state index contributed by atoms with van der Waals surface area (Å²) >= 11 is 0. The van der Waals surface area contributed by atoms with E-state index in [9.17, 15) is 9.59 Å². The molecule has 6 heteroatoms. The molecule has 3 aromatic rings. The fraction of sp³-hybridized carbons (Fsp3) is 0.158. The van der Waals surface area contributed by atoms with Gasteiger partial charge in [0.1, 0.15) is 0 Å². The molecule has 3 rings (SSSR count). The van der Waals surface area contributed by atoms with Gasteiger partial charge in [0, 0.05) is 19.7 Å². The van der Waals surface area contributed by atoms with Gasteiger partial charge in [-0.25, -0.2) is 4.98 Å². The van der Waals surface area contributed by atoms with Gasteiger partial charge in [-0.05, 0) is 29.8 Å². The van der Waals surface area contributed by atoms with E-state index in [0.717, 1.165) is 16.6 Å². The normalized spacial score (nSPS) is 10.5. The molecule has 25 heavy (non-hydrogen) atoms. The molecule has 6 nitrogen and oxygen atoms in total. The van der Waals surface area contributed by atoms with Gasteiger partial charge in [-0.1, -0.05) is 24.3 Å². The number of para-hydroxylation sites is 2. The van der Waals surface area contributed by atoms with Gasteiger partial charge in [-0.15, -0.1) is 0 Å². The van der Waals surface area contributed by atoms with Crippen molar-refractivity contribution in [3.05, 3.63) is 65.9 Å². The number of likely N-dealkylation sites (N-methyl/N-ethyl adjacent to an activating group) is 1. The monoisotopic (exact) mass is 334 g/mol. The molecule has 0 bridgehead atoms. The van der Waals surface area contributed by atoms with Crippen molar-refractivity contribution < 1.29 is 9.59 Å². The third kappa shape index (κ3) is 3.98. The Bertz CT molecular complexity index is 920. The van der Waals surface area contributed by atoms with Gasteiger partial charge >= 0.3 is 0 Å². The Labute approximate surface area is 145 Å². The summed E-state index contributed by atoms with van der Waals surface area (Å²) < 4.78 is 0. The number of rotatable bonds is 4. The maximum atomic E-state index is 12.3. The first-order chi connectivity index (χ1) is 12.0. The number of benzene rings is 2. The number of anilines is 1. The fourth-order valence-corrected chi connectivity index (χ4v) is 2.31. The van der Waals surface area contributed by atoms with Crippen LogP contribution in [0.5, 0.6) is 0 Å². The summed E-state index contributed by atoms with van der Waals surface area (Å²) in [5.41, 5.74) is 2.85. The minimum Gasteiger partial charge on any atom is -0.349 e. The van der Waals surface area contributed by atoms with Crippen LogP contribution in [0.25, 0.3) is 11.0 Å². The molecule has 2 aromatic carbocycles. The van der Waals surface area contributed by atoms with E-state index < -0.39 is 0 Å². The molecule has 0 aliphatic heterocycles. The average molecular weight is 334 g/mol. The first-order valence-electron chi connectivity index (χ1n) is 7.85. The van der Waals surface area contributed by atoms with Gasteiger partial charge in [0.2, 0.25) is 5.91 Å². The highest BCUT2D eigenvalue weighted by molar-refractivity contribution is 6.04. The zero-order valence-corrected chi connectivity index (χ0v) is 14.1. The molecular formula is C19H18N4O2. The molecule has 0 aliphatic rings. The lowest BCUT2D eigenvalue weighted by Crippen LogP contribution is -2.23. The molecule has 1 aromatic heterocycles. The smallest absolute Gasteiger partial charge is 0.256 e. The van der Waals surface area contributed by atoms with Crippen molar-refractivity contribution in [3.63, 3.8) is 0 Å². The van der Waals surface area contributed by atoms with Crippen molar-refractivity contribution in [1.82, 2.24) is 14.9 Å².